The fourth-order valence-electron chi connectivity index (χ4n) is 2.48. The Kier molecular flexibility index (Phi) is 4.99. The van der Waals surface area contributed by atoms with Crippen molar-refractivity contribution >= 4 is 5.91 Å². The highest BCUT2D eigenvalue weighted by molar-refractivity contribution is 5.82. The fraction of sp³-hybridized carbons (Fsp3) is 0.929. The third-order valence-corrected chi connectivity index (χ3v) is 3.92. The van der Waals surface area contributed by atoms with Crippen LogP contribution in [-0.4, -0.2) is 18.0 Å². The first-order valence-electron chi connectivity index (χ1n) is 6.90. The van der Waals surface area contributed by atoms with Crippen LogP contribution in [0.1, 0.15) is 59.8 Å². The molecule has 3 atom stereocenters. The van der Waals surface area contributed by atoms with Gasteiger partial charge in [0.1, 0.15) is 0 Å². The molecule has 1 aliphatic rings. The van der Waals surface area contributed by atoms with Gasteiger partial charge < -0.3 is 11.1 Å². The highest BCUT2D eigenvalue weighted by atomic mass is 16.2. The predicted molar refractivity (Wildman–Crippen MR) is 71.6 cm³/mol. The molecule has 2 unspecified atom stereocenters. The minimum absolute atomic E-state index is 0.0132. The van der Waals surface area contributed by atoms with Gasteiger partial charge in [0.2, 0.25) is 5.91 Å². The van der Waals surface area contributed by atoms with E-state index in [1.54, 1.807) is 0 Å². The summed E-state index contributed by atoms with van der Waals surface area (Å²) in [7, 11) is 0. The average Bonchev–Trinajstić information content (AvgIpc) is 2.27. The van der Waals surface area contributed by atoms with Crippen molar-refractivity contribution in [3.8, 4) is 0 Å². The van der Waals surface area contributed by atoms with Gasteiger partial charge in [0, 0.05) is 6.04 Å². The molecule has 0 saturated heterocycles. The number of carbonyl (C=O) groups is 1. The number of hydrogen-bond acceptors (Lipinski definition) is 2. The molecule has 0 bridgehead atoms. The molecule has 0 aliphatic heterocycles. The summed E-state index contributed by atoms with van der Waals surface area (Å²) >= 11 is 0. The van der Waals surface area contributed by atoms with Crippen LogP contribution in [0.3, 0.4) is 0 Å². The molecule has 0 heterocycles. The molecule has 0 aromatic rings. The first-order valence-corrected chi connectivity index (χ1v) is 6.90. The van der Waals surface area contributed by atoms with Crippen LogP contribution in [0.2, 0.25) is 0 Å². The molecule has 0 radical (unpaired) electrons. The molecule has 1 aliphatic carbocycles. The number of carbonyl (C=O) groups excluding carboxylic acids is 1. The summed E-state index contributed by atoms with van der Waals surface area (Å²) in [6.07, 6.45) is 6.00. The van der Waals surface area contributed by atoms with E-state index >= 15 is 0 Å². The minimum Gasteiger partial charge on any atom is -0.352 e. The van der Waals surface area contributed by atoms with Crippen molar-refractivity contribution in [3.63, 3.8) is 0 Å². The van der Waals surface area contributed by atoms with Crippen LogP contribution < -0.4 is 11.1 Å². The first-order chi connectivity index (χ1) is 7.84. The number of nitrogens with two attached hydrogens (primary N) is 1. The fourth-order valence-corrected chi connectivity index (χ4v) is 2.48. The Balaban J connectivity index is 2.46. The molecule has 3 heteroatoms. The van der Waals surface area contributed by atoms with Crippen LogP contribution in [0.5, 0.6) is 0 Å². The van der Waals surface area contributed by atoms with Crippen molar-refractivity contribution in [3.05, 3.63) is 0 Å². The summed E-state index contributed by atoms with van der Waals surface area (Å²) in [6.45, 7) is 8.25. The summed E-state index contributed by atoms with van der Waals surface area (Å²) in [5.41, 5.74) is 5.80. The van der Waals surface area contributed by atoms with E-state index in [9.17, 15) is 4.79 Å². The van der Waals surface area contributed by atoms with E-state index in [1.165, 1.54) is 19.3 Å². The first kappa shape index (κ1) is 14.5. The zero-order chi connectivity index (χ0) is 13.1. The van der Waals surface area contributed by atoms with Crippen LogP contribution >= 0.6 is 0 Å². The maximum Gasteiger partial charge on any atom is 0.237 e. The van der Waals surface area contributed by atoms with E-state index < -0.39 is 6.04 Å². The SMILES string of the molecule is CCC1CCCC(NC(=O)[C@H](N)C(C)(C)C)C1. The Morgan fingerprint density at radius 1 is 1.41 bits per heavy atom. The second-order valence-electron chi connectivity index (χ2n) is 6.49. The lowest BCUT2D eigenvalue weighted by Crippen LogP contribution is -2.52. The summed E-state index contributed by atoms with van der Waals surface area (Å²) < 4.78 is 0. The summed E-state index contributed by atoms with van der Waals surface area (Å²) in [6, 6.07) is -0.0703. The van der Waals surface area contributed by atoms with Crippen molar-refractivity contribution in [1.29, 1.82) is 0 Å². The quantitative estimate of drug-likeness (QED) is 0.796. The smallest absolute Gasteiger partial charge is 0.237 e. The lowest BCUT2D eigenvalue weighted by atomic mass is 9.83. The summed E-state index contributed by atoms with van der Waals surface area (Å²) in [5, 5.41) is 3.13. The molecule has 1 saturated carbocycles. The lowest BCUT2D eigenvalue weighted by molar-refractivity contribution is -0.125. The molecular weight excluding hydrogens is 212 g/mol. The Labute approximate surface area is 106 Å². The van der Waals surface area contributed by atoms with E-state index in [0.717, 1.165) is 18.8 Å². The van der Waals surface area contributed by atoms with Gasteiger partial charge in [-0.05, 0) is 24.2 Å². The molecule has 1 amide bonds. The maximum atomic E-state index is 12.0. The van der Waals surface area contributed by atoms with Gasteiger partial charge in [-0.3, -0.25) is 4.79 Å². The van der Waals surface area contributed by atoms with Crippen molar-refractivity contribution in [2.75, 3.05) is 0 Å². The Bertz CT molecular complexity index is 257. The molecule has 0 aromatic carbocycles. The molecule has 0 aromatic heterocycles. The highest BCUT2D eigenvalue weighted by Gasteiger charge is 2.30. The van der Waals surface area contributed by atoms with Crippen LogP contribution in [0.4, 0.5) is 0 Å². The molecule has 100 valence electrons. The van der Waals surface area contributed by atoms with Gasteiger partial charge >= 0.3 is 0 Å². The third-order valence-electron chi connectivity index (χ3n) is 3.92. The highest BCUT2D eigenvalue weighted by Crippen LogP contribution is 2.27. The van der Waals surface area contributed by atoms with Crippen molar-refractivity contribution in [2.45, 2.75) is 71.9 Å². The van der Waals surface area contributed by atoms with E-state index in [0.29, 0.717) is 6.04 Å². The van der Waals surface area contributed by atoms with Crippen molar-refractivity contribution < 1.29 is 4.79 Å². The van der Waals surface area contributed by atoms with Gasteiger partial charge in [0.05, 0.1) is 6.04 Å². The minimum atomic E-state index is -0.412. The zero-order valence-electron chi connectivity index (χ0n) is 11.8. The van der Waals surface area contributed by atoms with Crippen molar-refractivity contribution in [1.82, 2.24) is 5.32 Å². The normalized spacial score (nSPS) is 27.6. The second-order valence-corrected chi connectivity index (χ2v) is 6.49. The molecule has 0 spiro atoms. The number of nitrogens with one attached hydrogen (secondary N) is 1. The summed E-state index contributed by atoms with van der Waals surface area (Å²) in [5.74, 6) is 0.791. The molecule has 17 heavy (non-hydrogen) atoms. The van der Waals surface area contributed by atoms with Crippen LogP contribution in [0, 0.1) is 11.3 Å². The standard InChI is InChI=1S/C14H28N2O/c1-5-10-7-6-8-11(9-10)16-13(17)12(15)14(2,3)4/h10-12H,5-9,15H2,1-4H3,(H,16,17)/t10?,11?,12-/m0/s1. The summed E-state index contributed by atoms with van der Waals surface area (Å²) in [4.78, 5) is 12.0. The Morgan fingerprint density at radius 2 is 2.06 bits per heavy atom. The van der Waals surface area contributed by atoms with Gasteiger partial charge in [-0.25, -0.2) is 0 Å². The lowest BCUT2D eigenvalue weighted by Gasteiger charge is -2.32. The Morgan fingerprint density at radius 3 is 2.59 bits per heavy atom. The largest absolute Gasteiger partial charge is 0.352 e. The van der Waals surface area contributed by atoms with Crippen LogP contribution in [-0.2, 0) is 4.79 Å². The van der Waals surface area contributed by atoms with Crippen LogP contribution in [0.25, 0.3) is 0 Å². The molecule has 3 nitrogen and oxygen atoms in total. The Hall–Kier alpha value is -0.570. The predicted octanol–water partition coefficient (Wildman–Crippen LogP) is 2.44. The van der Waals surface area contributed by atoms with Gasteiger partial charge in [0.15, 0.2) is 0 Å². The van der Waals surface area contributed by atoms with Gasteiger partial charge in [-0.2, -0.15) is 0 Å². The number of rotatable bonds is 3. The molecule has 3 N–H and O–H groups in total. The van der Waals surface area contributed by atoms with Gasteiger partial charge in [-0.15, -0.1) is 0 Å². The zero-order valence-corrected chi connectivity index (χ0v) is 11.8. The van der Waals surface area contributed by atoms with E-state index in [4.69, 9.17) is 5.73 Å². The van der Waals surface area contributed by atoms with Gasteiger partial charge in [0.25, 0.3) is 0 Å². The molecular formula is C14H28N2O. The number of hydrogen-bond donors (Lipinski definition) is 2. The van der Waals surface area contributed by atoms with E-state index in [2.05, 4.69) is 12.2 Å². The molecule has 1 rings (SSSR count). The third kappa shape index (κ3) is 4.30. The van der Waals surface area contributed by atoms with Gasteiger partial charge in [-0.1, -0.05) is 47.0 Å². The second kappa shape index (κ2) is 5.85. The van der Waals surface area contributed by atoms with E-state index in [-0.39, 0.29) is 11.3 Å². The van der Waals surface area contributed by atoms with Crippen molar-refractivity contribution in [2.24, 2.45) is 17.1 Å². The monoisotopic (exact) mass is 240 g/mol. The topological polar surface area (TPSA) is 55.1 Å². The molecule has 1 fully saturated rings. The average molecular weight is 240 g/mol. The number of amides is 1. The van der Waals surface area contributed by atoms with E-state index in [1.807, 2.05) is 20.8 Å². The maximum absolute atomic E-state index is 12.0. The van der Waals surface area contributed by atoms with Crippen LogP contribution in [0.15, 0.2) is 0 Å².